The largest absolute Gasteiger partial charge is 0.331 e. The lowest BCUT2D eigenvalue weighted by Crippen LogP contribution is -2.18. The summed E-state index contributed by atoms with van der Waals surface area (Å²) in [6, 6.07) is 8.33. The smallest absolute Gasteiger partial charge is 0.0958 e. The molecule has 1 heterocycles. The van der Waals surface area contributed by atoms with Gasteiger partial charge in [0.25, 0.3) is 0 Å². The number of aromatic nitrogens is 2. The molecule has 0 aliphatic carbocycles. The molecule has 110 valence electrons. The summed E-state index contributed by atoms with van der Waals surface area (Å²) in [5, 5.41) is 3.54. The molecular formula is C17H27N3. The van der Waals surface area contributed by atoms with E-state index in [1.54, 1.807) is 0 Å². The Hall–Kier alpha value is -1.35. The van der Waals surface area contributed by atoms with Gasteiger partial charge in [0, 0.05) is 6.54 Å². The quantitative estimate of drug-likeness (QED) is 0.663. The maximum atomic E-state index is 4.42. The van der Waals surface area contributed by atoms with Crippen LogP contribution in [0, 0.1) is 0 Å². The minimum Gasteiger partial charge on any atom is -0.331 e. The third kappa shape index (κ3) is 4.64. The second-order valence-electron chi connectivity index (χ2n) is 5.44. The highest BCUT2D eigenvalue weighted by molar-refractivity contribution is 5.74. The van der Waals surface area contributed by atoms with Gasteiger partial charge in [0.15, 0.2) is 0 Å². The molecule has 0 aliphatic heterocycles. The van der Waals surface area contributed by atoms with Gasteiger partial charge in [-0.25, -0.2) is 4.98 Å². The fourth-order valence-electron chi connectivity index (χ4n) is 2.54. The Labute approximate surface area is 122 Å². The molecule has 0 fully saturated rings. The Morgan fingerprint density at radius 2 is 1.80 bits per heavy atom. The molecule has 0 radical (unpaired) electrons. The summed E-state index contributed by atoms with van der Waals surface area (Å²) in [6.07, 6.45) is 9.89. The minimum atomic E-state index is 1.04. The number of fused-ring (bicyclic) bond motifs is 1. The van der Waals surface area contributed by atoms with Crippen LogP contribution in [0.4, 0.5) is 0 Å². The first-order valence-electron chi connectivity index (χ1n) is 8.02. The maximum absolute atomic E-state index is 4.42. The van der Waals surface area contributed by atoms with Crippen molar-refractivity contribution in [2.45, 2.75) is 52.0 Å². The summed E-state index contributed by atoms with van der Waals surface area (Å²) < 4.78 is 2.25. The third-order valence-electron chi connectivity index (χ3n) is 3.74. The molecule has 0 bridgehead atoms. The van der Waals surface area contributed by atoms with Crippen LogP contribution in [0.1, 0.15) is 45.4 Å². The zero-order chi connectivity index (χ0) is 14.0. The van der Waals surface area contributed by atoms with Crippen molar-refractivity contribution < 1.29 is 0 Å². The van der Waals surface area contributed by atoms with Crippen LogP contribution in [-0.4, -0.2) is 22.6 Å². The van der Waals surface area contributed by atoms with Gasteiger partial charge in [-0.2, -0.15) is 0 Å². The zero-order valence-electron chi connectivity index (χ0n) is 12.6. The van der Waals surface area contributed by atoms with Crippen molar-refractivity contribution in [3.63, 3.8) is 0 Å². The van der Waals surface area contributed by atoms with Crippen molar-refractivity contribution >= 4 is 11.0 Å². The van der Waals surface area contributed by atoms with Crippen molar-refractivity contribution in [3.8, 4) is 0 Å². The number of para-hydroxylation sites is 2. The van der Waals surface area contributed by atoms with Gasteiger partial charge in [-0.05, 0) is 38.1 Å². The highest BCUT2D eigenvalue weighted by Gasteiger charge is 2.00. The summed E-state index contributed by atoms with van der Waals surface area (Å²) in [7, 11) is 0. The zero-order valence-corrected chi connectivity index (χ0v) is 12.6. The third-order valence-corrected chi connectivity index (χ3v) is 3.74. The van der Waals surface area contributed by atoms with Crippen LogP contribution < -0.4 is 5.32 Å². The SMILES string of the molecule is CCCCCCCNCCCn1cnc2ccccc21. The number of imidazole rings is 1. The van der Waals surface area contributed by atoms with Gasteiger partial charge in [0.1, 0.15) is 0 Å². The van der Waals surface area contributed by atoms with E-state index in [0.29, 0.717) is 0 Å². The van der Waals surface area contributed by atoms with E-state index in [1.807, 2.05) is 12.4 Å². The highest BCUT2D eigenvalue weighted by atomic mass is 15.0. The van der Waals surface area contributed by atoms with E-state index in [0.717, 1.165) is 31.6 Å². The number of rotatable bonds is 10. The summed E-state index contributed by atoms with van der Waals surface area (Å²) in [5.74, 6) is 0. The molecule has 0 unspecified atom stereocenters. The van der Waals surface area contributed by atoms with E-state index in [2.05, 4.69) is 40.0 Å². The van der Waals surface area contributed by atoms with Crippen molar-refractivity contribution in [2.24, 2.45) is 0 Å². The van der Waals surface area contributed by atoms with Crippen LogP contribution in [-0.2, 0) is 6.54 Å². The monoisotopic (exact) mass is 273 g/mol. The van der Waals surface area contributed by atoms with Crippen molar-refractivity contribution in [3.05, 3.63) is 30.6 Å². The Balaban J connectivity index is 1.57. The molecule has 0 amide bonds. The van der Waals surface area contributed by atoms with Crippen LogP contribution in [0.15, 0.2) is 30.6 Å². The molecule has 20 heavy (non-hydrogen) atoms. The summed E-state index contributed by atoms with van der Waals surface area (Å²) >= 11 is 0. The van der Waals surface area contributed by atoms with Crippen LogP contribution in [0.5, 0.6) is 0 Å². The van der Waals surface area contributed by atoms with Crippen LogP contribution in [0.25, 0.3) is 11.0 Å². The number of nitrogens with zero attached hydrogens (tertiary/aromatic N) is 2. The minimum absolute atomic E-state index is 1.04. The first kappa shape index (κ1) is 15.0. The molecule has 3 nitrogen and oxygen atoms in total. The van der Waals surface area contributed by atoms with Crippen LogP contribution in [0.3, 0.4) is 0 Å². The number of hydrogen-bond donors (Lipinski definition) is 1. The van der Waals surface area contributed by atoms with Crippen molar-refractivity contribution in [1.82, 2.24) is 14.9 Å². The van der Waals surface area contributed by atoms with Gasteiger partial charge in [0.05, 0.1) is 17.4 Å². The molecule has 0 saturated heterocycles. The number of benzene rings is 1. The predicted octanol–water partition coefficient (Wildman–Crippen LogP) is 3.99. The summed E-state index contributed by atoms with van der Waals surface area (Å²) in [6.45, 7) is 5.57. The number of aryl methyl sites for hydroxylation is 1. The molecule has 1 aromatic carbocycles. The fourth-order valence-corrected chi connectivity index (χ4v) is 2.54. The number of nitrogens with one attached hydrogen (secondary N) is 1. The van der Waals surface area contributed by atoms with E-state index >= 15 is 0 Å². The molecule has 0 atom stereocenters. The topological polar surface area (TPSA) is 29.9 Å². The predicted molar refractivity (Wildman–Crippen MR) is 86.0 cm³/mol. The lowest BCUT2D eigenvalue weighted by atomic mass is 10.1. The lowest BCUT2D eigenvalue weighted by molar-refractivity contribution is 0.552. The van der Waals surface area contributed by atoms with Gasteiger partial charge < -0.3 is 9.88 Å². The van der Waals surface area contributed by atoms with Crippen molar-refractivity contribution in [1.29, 1.82) is 0 Å². The Kier molecular flexibility index (Phi) is 6.58. The average Bonchev–Trinajstić information content (AvgIpc) is 2.89. The molecule has 0 spiro atoms. The second-order valence-corrected chi connectivity index (χ2v) is 5.44. The van der Waals surface area contributed by atoms with E-state index in [1.165, 1.54) is 37.6 Å². The van der Waals surface area contributed by atoms with Gasteiger partial charge in [0.2, 0.25) is 0 Å². The summed E-state index contributed by atoms with van der Waals surface area (Å²) in [5.41, 5.74) is 2.34. The molecule has 1 aromatic heterocycles. The van der Waals surface area contributed by atoms with Crippen molar-refractivity contribution in [2.75, 3.05) is 13.1 Å². The molecule has 0 saturated carbocycles. The standard InChI is InChI=1S/C17H27N3/c1-2-3-4-5-8-12-18-13-9-14-20-15-19-16-10-6-7-11-17(16)20/h6-7,10-11,15,18H,2-5,8-9,12-14H2,1H3. The molecular weight excluding hydrogens is 246 g/mol. The normalized spacial score (nSPS) is 11.2. The van der Waals surface area contributed by atoms with Gasteiger partial charge in [-0.15, -0.1) is 0 Å². The first-order valence-corrected chi connectivity index (χ1v) is 8.02. The molecule has 0 aliphatic rings. The lowest BCUT2D eigenvalue weighted by Gasteiger charge is -2.06. The Morgan fingerprint density at radius 1 is 1.00 bits per heavy atom. The van der Waals surface area contributed by atoms with Crippen LogP contribution in [0.2, 0.25) is 0 Å². The Bertz CT molecular complexity index is 490. The van der Waals surface area contributed by atoms with E-state index in [9.17, 15) is 0 Å². The Morgan fingerprint density at radius 3 is 2.70 bits per heavy atom. The van der Waals surface area contributed by atoms with E-state index < -0.39 is 0 Å². The van der Waals surface area contributed by atoms with Crippen LogP contribution >= 0.6 is 0 Å². The molecule has 2 aromatic rings. The molecule has 2 rings (SSSR count). The number of unbranched alkanes of at least 4 members (excludes halogenated alkanes) is 4. The molecule has 3 heteroatoms. The average molecular weight is 273 g/mol. The van der Waals surface area contributed by atoms with Gasteiger partial charge in [-0.1, -0.05) is 44.7 Å². The van der Waals surface area contributed by atoms with E-state index in [-0.39, 0.29) is 0 Å². The van der Waals surface area contributed by atoms with E-state index in [4.69, 9.17) is 0 Å². The second kappa shape index (κ2) is 8.75. The molecule has 1 N–H and O–H groups in total. The highest BCUT2D eigenvalue weighted by Crippen LogP contribution is 2.11. The first-order chi connectivity index (χ1) is 9.92. The van der Waals surface area contributed by atoms with Gasteiger partial charge in [-0.3, -0.25) is 0 Å². The van der Waals surface area contributed by atoms with Gasteiger partial charge >= 0.3 is 0 Å². The summed E-state index contributed by atoms with van der Waals surface area (Å²) in [4.78, 5) is 4.42. The number of hydrogen-bond acceptors (Lipinski definition) is 2. The fraction of sp³-hybridized carbons (Fsp3) is 0.588. The maximum Gasteiger partial charge on any atom is 0.0958 e.